The van der Waals surface area contributed by atoms with Gasteiger partial charge in [-0.05, 0) is 54.8 Å². The van der Waals surface area contributed by atoms with Crippen LogP contribution in [0, 0.1) is 0 Å². The smallest absolute Gasteiger partial charge is 0.223 e. The molecule has 0 saturated heterocycles. The van der Waals surface area contributed by atoms with Crippen LogP contribution in [0.1, 0.15) is 30.7 Å². The first-order chi connectivity index (χ1) is 16.9. The van der Waals surface area contributed by atoms with E-state index in [0.717, 1.165) is 11.1 Å². The predicted octanol–water partition coefficient (Wildman–Crippen LogP) is 5.76. The van der Waals surface area contributed by atoms with Crippen LogP contribution in [0.15, 0.2) is 85.6 Å². The van der Waals surface area contributed by atoms with Gasteiger partial charge in [-0.25, -0.2) is 9.97 Å². The molecule has 3 heterocycles. The highest BCUT2D eigenvalue weighted by molar-refractivity contribution is 6.38. The molecule has 7 heteroatoms. The van der Waals surface area contributed by atoms with E-state index in [2.05, 4.69) is 9.97 Å². The van der Waals surface area contributed by atoms with Gasteiger partial charge in [0.1, 0.15) is 0 Å². The molecule has 0 aliphatic rings. The van der Waals surface area contributed by atoms with Crippen molar-refractivity contribution in [2.24, 2.45) is 7.05 Å². The molecule has 176 valence electrons. The Morgan fingerprint density at radius 3 is 2.37 bits per heavy atom. The summed E-state index contributed by atoms with van der Waals surface area (Å²) in [7, 11) is 1.85. The van der Waals surface area contributed by atoms with Crippen molar-refractivity contribution in [1.82, 2.24) is 19.5 Å². The second-order valence-corrected chi connectivity index (χ2v) is 9.08. The lowest BCUT2D eigenvalue weighted by Crippen LogP contribution is -2.31. The Balaban J connectivity index is 1.78. The molecular formula is C28H25ClN4O2. The maximum Gasteiger partial charge on any atom is 0.223 e. The molecule has 0 aliphatic heterocycles. The minimum absolute atomic E-state index is 0.0700. The molecule has 0 spiro atoms. The van der Waals surface area contributed by atoms with Crippen LogP contribution in [0.4, 0.5) is 0 Å². The van der Waals surface area contributed by atoms with Crippen LogP contribution in [-0.2, 0) is 12.6 Å². The summed E-state index contributed by atoms with van der Waals surface area (Å²) in [4.78, 5) is 13.2. The van der Waals surface area contributed by atoms with E-state index in [1.807, 2.05) is 69.4 Å². The van der Waals surface area contributed by atoms with Crippen LogP contribution >= 0.6 is 11.6 Å². The highest BCUT2D eigenvalue weighted by atomic mass is 35.5. The maximum absolute atomic E-state index is 12.2. The molecule has 0 amide bonds. The number of aryl methyl sites for hydroxylation is 1. The van der Waals surface area contributed by atoms with Gasteiger partial charge < -0.3 is 14.4 Å². The number of benzene rings is 2. The first-order valence-corrected chi connectivity index (χ1v) is 11.7. The Morgan fingerprint density at radius 2 is 1.71 bits per heavy atom. The molecule has 1 unspecified atom stereocenters. The summed E-state index contributed by atoms with van der Waals surface area (Å²) in [6.45, 7) is 3.92. The van der Waals surface area contributed by atoms with E-state index in [4.69, 9.17) is 21.3 Å². The number of fused-ring (bicyclic) bond motifs is 1. The van der Waals surface area contributed by atoms with Crippen molar-refractivity contribution in [1.29, 1.82) is 0 Å². The molecule has 0 bridgehead atoms. The normalized spacial score (nSPS) is 13.2. The highest BCUT2D eigenvalue weighted by Gasteiger charge is 2.37. The fourth-order valence-corrected chi connectivity index (χ4v) is 4.69. The van der Waals surface area contributed by atoms with Gasteiger partial charge in [-0.3, -0.25) is 4.98 Å². The van der Waals surface area contributed by atoms with Crippen LogP contribution in [0.25, 0.3) is 22.0 Å². The van der Waals surface area contributed by atoms with E-state index in [0.29, 0.717) is 38.6 Å². The minimum Gasteiger partial charge on any atom is -0.474 e. The molecule has 35 heavy (non-hydrogen) atoms. The molecule has 1 N–H and O–H groups in total. The van der Waals surface area contributed by atoms with E-state index >= 15 is 0 Å². The Labute approximate surface area is 208 Å². The standard InChI is InChI=1S/C28H25ClN4O2/c1-18(2)35-27-25(19-7-5-4-6-8-19)26(29)22-15-21(9-10-23(22)32-27)28(34,20-11-13-30-14-12-20)24-16-31-17-33(24)3/h4-18,34H,1-3H3. The fourth-order valence-electron chi connectivity index (χ4n) is 4.35. The first-order valence-electron chi connectivity index (χ1n) is 11.3. The Kier molecular flexibility index (Phi) is 6.01. The van der Waals surface area contributed by atoms with Gasteiger partial charge in [-0.15, -0.1) is 0 Å². The fraction of sp³-hybridized carbons (Fsp3) is 0.179. The lowest BCUT2D eigenvalue weighted by molar-refractivity contribution is 0.117. The Hall–Kier alpha value is -3.74. The van der Waals surface area contributed by atoms with Crippen LogP contribution in [0.2, 0.25) is 5.02 Å². The molecule has 0 saturated carbocycles. The number of aliphatic hydroxyl groups is 1. The van der Waals surface area contributed by atoms with E-state index in [1.165, 1.54) is 0 Å². The summed E-state index contributed by atoms with van der Waals surface area (Å²) in [6.07, 6.45) is 6.59. The number of ether oxygens (including phenoxy) is 1. The Bertz CT molecular complexity index is 1490. The van der Waals surface area contributed by atoms with Crippen LogP contribution in [0.5, 0.6) is 5.88 Å². The van der Waals surface area contributed by atoms with Gasteiger partial charge in [0.2, 0.25) is 5.88 Å². The lowest BCUT2D eigenvalue weighted by Gasteiger charge is -2.30. The number of hydrogen-bond donors (Lipinski definition) is 1. The zero-order chi connectivity index (χ0) is 24.6. The largest absolute Gasteiger partial charge is 0.474 e. The predicted molar refractivity (Wildman–Crippen MR) is 137 cm³/mol. The molecule has 0 radical (unpaired) electrons. The number of pyridine rings is 2. The molecular weight excluding hydrogens is 460 g/mol. The second-order valence-electron chi connectivity index (χ2n) is 8.71. The molecule has 5 rings (SSSR count). The third-order valence-corrected chi connectivity index (χ3v) is 6.39. The molecule has 0 aliphatic carbocycles. The summed E-state index contributed by atoms with van der Waals surface area (Å²) in [6, 6.07) is 19.0. The van der Waals surface area contributed by atoms with Crippen molar-refractivity contribution in [2.45, 2.75) is 25.6 Å². The highest BCUT2D eigenvalue weighted by Crippen LogP contribution is 2.43. The van der Waals surface area contributed by atoms with Crippen molar-refractivity contribution in [3.63, 3.8) is 0 Å². The van der Waals surface area contributed by atoms with Crippen molar-refractivity contribution in [3.05, 3.63) is 107 Å². The Morgan fingerprint density at radius 1 is 0.971 bits per heavy atom. The van der Waals surface area contributed by atoms with E-state index < -0.39 is 5.60 Å². The molecule has 2 aromatic carbocycles. The minimum atomic E-state index is -1.48. The third kappa shape index (κ3) is 4.05. The summed E-state index contributed by atoms with van der Waals surface area (Å²) < 4.78 is 7.87. The molecule has 1 atom stereocenters. The maximum atomic E-state index is 12.2. The van der Waals surface area contributed by atoms with Crippen LogP contribution in [-0.4, -0.2) is 30.7 Å². The topological polar surface area (TPSA) is 73.1 Å². The third-order valence-electron chi connectivity index (χ3n) is 6.00. The SMILES string of the molecule is CC(C)Oc1nc2ccc(C(O)(c3ccncc3)c3cncn3C)cc2c(Cl)c1-c1ccccc1. The summed E-state index contributed by atoms with van der Waals surface area (Å²) in [5, 5.41) is 13.5. The van der Waals surface area contributed by atoms with Gasteiger partial charge in [0.05, 0.1) is 40.4 Å². The van der Waals surface area contributed by atoms with Crippen molar-refractivity contribution < 1.29 is 9.84 Å². The van der Waals surface area contributed by atoms with Gasteiger partial charge in [0, 0.05) is 24.8 Å². The van der Waals surface area contributed by atoms with Gasteiger partial charge in [-0.1, -0.05) is 48.0 Å². The number of rotatable bonds is 6. The van der Waals surface area contributed by atoms with Gasteiger partial charge >= 0.3 is 0 Å². The van der Waals surface area contributed by atoms with Gasteiger partial charge in [0.15, 0.2) is 5.60 Å². The van der Waals surface area contributed by atoms with Gasteiger partial charge in [0.25, 0.3) is 0 Å². The zero-order valence-electron chi connectivity index (χ0n) is 19.7. The number of hydrogen-bond acceptors (Lipinski definition) is 5. The molecule has 3 aromatic heterocycles. The van der Waals surface area contributed by atoms with Crippen molar-refractivity contribution in [2.75, 3.05) is 0 Å². The summed E-state index contributed by atoms with van der Waals surface area (Å²) >= 11 is 7.06. The monoisotopic (exact) mass is 484 g/mol. The van der Waals surface area contributed by atoms with Crippen molar-refractivity contribution in [3.8, 4) is 17.0 Å². The molecule has 6 nitrogen and oxygen atoms in total. The number of halogens is 1. The van der Waals surface area contributed by atoms with E-state index in [-0.39, 0.29) is 6.10 Å². The summed E-state index contributed by atoms with van der Waals surface area (Å²) in [5.74, 6) is 0.479. The summed E-state index contributed by atoms with van der Waals surface area (Å²) in [5.41, 5.74) is 2.75. The van der Waals surface area contributed by atoms with E-state index in [9.17, 15) is 5.11 Å². The first kappa shape index (κ1) is 23.0. The quantitative estimate of drug-likeness (QED) is 0.332. The van der Waals surface area contributed by atoms with E-state index in [1.54, 1.807) is 41.6 Å². The number of aromatic nitrogens is 4. The second kappa shape index (κ2) is 9.13. The average molecular weight is 485 g/mol. The molecule has 0 fully saturated rings. The van der Waals surface area contributed by atoms with Crippen LogP contribution in [0.3, 0.4) is 0 Å². The number of imidazole rings is 1. The van der Waals surface area contributed by atoms with Crippen molar-refractivity contribution >= 4 is 22.5 Å². The van der Waals surface area contributed by atoms with Gasteiger partial charge in [-0.2, -0.15) is 0 Å². The zero-order valence-corrected chi connectivity index (χ0v) is 20.4. The van der Waals surface area contributed by atoms with Crippen LogP contribution < -0.4 is 4.74 Å². The average Bonchev–Trinajstić information content (AvgIpc) is 3.30. The number of nitrogens with zero attached hydrogens (tertiary/aromatic N) is 4. The lowest BCUT2D eigenvalue weighted by atomic mass is 9.83. The molecule has 5 aromatic rings.